The molecule has 0 aliphatic heterocycles. The van der Waals surface area contributed by atoms with Gasteiger partial charge in [-0.1, -0.05) is 20.8 Å². The van der Waals surface area contributed by atoms with Gasteiger partial charge in [0.15, 0.2) is 5.69 Å². The van der Waals surface area contributed by atoms with Gasteiger partial charge >= 0.3 is 5.97 Å². The van der Waals surface area contributed by atoms with Crippen molar-refractivity contribution in [2.45, 2.75) is 85.2 Å². The van der Waals surface area contributed by atoms with E-state index in [0.717, 1.165) is 0 Å². The number of rotatable bonds is 8. The van der Waals surface area contributed by atoms with Gasteiger partial charge in [-0.3, -0.25) is 4.79 Å². The molecule has 0 bridgehead atoms. The number of ether oxygens (including phenoxy) is 1. The van der Waals surface area contributed by atoms with E-state index in [2.05, 4.69) is 15.1 Å². The fourth-order valence-corrected chi connectivity index (χ4v) is 4.71. The third kappa shape index (κ3) is 7.28. The molecule has 35 heavy (non-hydrogen) atoms. The maximum Gasteiger partial charge on any atom is 0.356 e. The highest BCUT2D eigenvalue weighted by Crippen LogP contribution is 2.36. The molecule has 3 N–H and O–H groups in total. The van der Waals surface area contributed by atoms with Crippen LogP contribution in [-0.4, -0.2) is 41.2 Å². The summed E-state index contributed by atoms with van der Waals surface area (Å²) >= 11 is 0. The molecule has 0 unspecified atom stereocenters. The molecule has 1 heterocycles. The van der Waals surface area contributed by atoms with Gasteiger partial charge in [0.25, 0.3) is 0 Å². The van der Waals surface area contributed by atoms with E-state index in [1.54, 1.807) is 20.8 Å². The molecule has 0 spiro atoms. The summed E-state index contributed by atoms with van der Waals surface area (Å²) in [5, 5.41) is 16.5. The van der Waals surface area contributed by atoms with Crippen molar-refractivity contribution in [1.82, 2.24) is 14.5 Å². The third-order valence-electron chi connectivity index (χ3n) is 4.71. The Labute approximate surface area is 207 Å². The first kappa shape index (κ1) is 28.3. The van der Waals surface area contributed by atoms with Crippen LogP contribution < -0.4 is 14.8 Å². The minimum absolute atomic E-state index is 0.0302. The molecule has 2 rings (SSSR count). The quantitative estimate of drug-likeness (QED) is 0.477. The lowest BCUT2D eigenvalue weighted by molar-refractivity contribution is -0.117. The van der Waals surface area contributed by atoms with Crippen molar-refractivity contribution in [2.75, 3.05) is 5.32 Å². The van der Waals surface area contributed by atoms with Gasteiger partial charge in [-0.15, -0.1) is 0 Å². The zero-order valence-electron chi connectivity index (χ0n) is 21.8. The molecule has 0 saturated heterocycles. The van der Waals surface area contributed by atoms with Crippen LogP contribution in [0.1, 0.15) is 77.9 Å². The number of benzene rings is 1. The van der Waals surface area contributed by atoms with Crippen molar-refractivity contribution in [1.29, 1.82) is 0 Å². The Balaban J connectivity index is 2.63. The lowest BCUT2D eigenvalue weighted by Gasteiger charge is -2.23. The average molecular weight is 509 g/mol. The van der Waals surface area contributed by atoms with Gasteiger partial charge in [0.2, 0.25) is 21.8 Å². The van der Waals surface area contributed by atoms with Gasteiger partial charge in [0.05, 0.1) is 5.54 Å². The van der Waals surface area contributed by atoms with Gasteiger partial charge in [0, 0.05) is 23.7 Å². The van der Waals surface area contributed by atoms with Crippen LogP contribution in [0.4, 0.5) is 5.69 Å². The number of carbonyl (C=O) groups is 2. The van der Waals surface area contributed by atoms with E-state index in [1.165, 1.54) is 22.9 Å². The number of nitrogens with zero attached hydrogens (tertiary/aromatic N) is 2. The highest BCUT2D eigenvalue weighted by molar-refractivity contribution is 7.89. The fourth-order valence-electron chi connectivity index (χ4n) is 3.30. The van der Waals surface area contributed by atoms with E-state index in [0.29, 0.717) is 5.69 Å². The Kier molecular flexibility index (Phi) is 8.08. The summed E-state index contributed by atoms with van der Waals surface area (Å²) in [5.74, 6) is -1.39. The molecule has 1 aromatic heterocycles. The van der Waals surface area contributed by atoms with Crippen LogP contribution in [0.5, 0.6) is 11.6 Å². The molecule has 0 atom stereocenters. The predicted octanol–water partition coefficient (Wildman–Crippen LogP) is 4.50. The molecule has 0 radical (unpaired) electrons. The van der Waals surface area contributed by atoms with Crippen LogP contribution in [0, 0.1) is 12.3 Å². The molecule has 2 aromatic rings. The van der Waals surface area contributed by atoms with Crippen LogP contribution in [0.15, 0.2) is 23.1 Å². The van der Waals surface area contributed by atoms with Crippen molar-refractivity contribution in [3.8, 4) is 11.6 Å². The summed E-state index contributed by atoms with van der Waals surface area (Å²) in [6, 6.07) is 3.90. The largest absolute Gasteiger partial charge is 0.476 e. The second kappa shape index (κ2) is 9.98. The van der Waals surface area contributed by atoms with E-state index in [9.17, 15) is 23.1 Å². The number of carboxylic acids is 1. The molecule has 0 aliphatic carbocycles. The molecule has 0 aliphatic rings. The molecule has 11 heteroatoms. The Morgan fingerprint density at radius 1 is 1.14 bits per heavy atom. The molecule has 0 fully saturated rings. The number of aromatic carboxylic acids is 1. The number of sulfonamides is 1. The second-order valence-corrected chi connectivity index (χ2v) is 12.7. The summed E-state index contributed by atoms with van der Waals surface area (Å²) in [6.45, 7) is 16.2. The smallest absolute Gasteiger partial charge is 0.356 e. The number of hydrogen-bond acceptors (Lipinski definition) is 6. The van der Waals surface area contributed by atoms with Crippen LogP contribution in [0.3, 0.4) is 0 Å². The SMILES string of the molecule is Cc1c(C(=O)O)nn(C(C)(C)C)c1Oc1ccc(NC(=O)CC(C)(C)C)cc1S(=O)(=O)NC(C)C. The summed E-state index contributed by atoms with van der Waals surface area (Å²) in [4.78, 5) is 23.9. The number of aromatic nitrogens is 2. The number of amides is 1. The monoisotopic (exact) mass is 508 g/mol. The molecule has 194 valence electrons. The summed E-state index contributed by atoms with van der Waals surface area (Å²) in [7, 11) is -4.05. The first-order chi connectivity index (χ1) is 15.8. The number of carboxylic acid groups (broad SMARTS) is 1. The fraction of sp³-hybridized carbons (Fsp3) is 0.542. The molecular weight excluding hydrogens is 472 g/mol. The highest BCUT2D eigenvalue weighted by Gasteiger charge is 2.30. The Hall–Kier alpha value is -2.92. The van der Waals surface area contributed by atoms with Crippen molar-refractivity contribution in [3.63, 3.8) is 0 Å². The van der Waals surface area contributed by atoms with Crippen LogP contribution in [-0.2, 0) is 20.4 Å². The van der Waals surface area contributed by atoms with Gasteiger partial charge in [0.1, 0.15) is 10.6 Å². The third-order valence-corrected chi connectivity index (χ3v) is 6.39. The van der Waals surface area contributed by atoms with E-state index < -0.39 is 27.6 Å². The Bertz CT molecular complexity index is 1220. The van der Waals surface area contributed by atoms with Crippen molar-refractivity contribution < 1.29 is 27.9 Å². The normalized spacial score (nSPS) is 12.6. The Morgan fingerprint density at radius 2 is 1.74 bits per heavy atom. The van der Waals surface area contributed by atoms with Crippen LogP contribution in [0.25, 0.3) is 0 Å². The van der Waals surface area contributed by atoms with Crippen molar-refractivity contribution in [2.24, 2.45) is 5.41 Å². The maximum atomic E-state index is 13.2. The summed E-state index contributed by atoms with van der Waals surface area (Å²) in [6.07, 6.45) is 0.250. The van der Waals surface area contributed by atoms with Crippen LogP contribution >= 0.6 is 0 Å². The average Bonchev–Trinajstić information content (AvgIpc) is 2.97. The maximum absolute atomic E-state index is 13.2. The second-order valence-electron chi connectivity index (χ2n) is 11.0. The van der Waals surface area contributed by atoms with E-state index >= 15 is 0 Å². The minimum atomic E-state index is -4.05. The number of hydrogen-bond donors (Lipinski definition) is 3. The molecular formula is C24H36N4O6S. The van der Waals surface area contributed by atoms with Crippen LogP contribution in [0.2, 0.25) is 0 Å². The van der Waals surface area contributed by atoms with Gasteiger partial charge in [-0.25, -0.2) is 22.6 Å². The lowest BCUT2D eigenvalue weighted by Crippen LogP contribution is -2.30. The topological polar surface area (TPSA) is 140 Å². The first-order valence-electron chi connectivity index (χ1n) is 11.3. The lowest BCUT2D eigenvalue weighted by atomic mass is 9.92. The van der Waals surface area contributed by atoms with Gasteiger partial charge in [-0.2, -0.15) is 5.10 Å². The van der Waals surface area contributed by atoms with Gasteiger partial charge < -0.3 is 15.2 Å². The minimum Gasteiger partial charge on any atom is -0.476 e. The van der Waals surface area contributed by atoms with Crippen molar-refractivity contribution >= 4 is 27.6 Å². The summed E-state index contributed by atoms with van der Waals surface area (Å²) < 4.78 is 36.3. The number of nitrogens with one attached hydrogen (secondary N) is 2. The Morgan fingerprint density at radius 3 is 2.23 bits per heavy atom. The molecule has 1 aromatic carbocycles. The molecule has 10 nitrogen and oxygen atoms in total. The zero-order valence-corrected chi connectivity index (χ0v) is 22.6. The number of anilines is 1. The van der Waals surface area contributed by atoms with E-state index in [1.807, 2.05) is 41.5 Å². The first-order valence-corrected chi connectivity index (χ1v) is 12.8. The molecule has 1 amide bonds. The number of carbonyl (C=O) groups excluding carboxylic acids is 1. The highest BCUT2D eigenvalue weighted by atomic mass is 32.2. The zero-order chi connectivity index (χ0) is 26.9. The van der Waals surface area contributed by atoms with Crippen molar-refractivity contribution in [3.05, 3.63) is 29.5 Å². The molecule has 0 saturated carbocycles. The van der Waals surface area contributed by atoms with E-state index in [4.69, 9.17) is 4.74 Å². The predicted molar refractivity (Wildman–Crippen MR) is 134 cm³/mol. The summed E-state index contributed by atoms with van der Waals surface area (Å²) in [5.41, 5.74) is -0.528. The van der Waals surface area contributed by atoms with E-state index in [-0.39, 0.29) is 45.5 Å². The van der Waals surface area contributed by atoms with Gasteiger partial charge in [-0.05, 0) is 65.2 Å². The standard InChI is InChI=1S/C24H36N4O6S/c1-14(2)27-35(32,33)18-12-16(25-19(29)13-23(4,5)6)10-11-17(18)34-21-15(3)20(22(30)31)26-28(21)24(7,8)9/h10-12,14,27H,13H2,1-9H3,(H,25,29)(H,30,31).